The monoisotopic (exact) mass is 457 g/mol. The van der Waals surface area contributed by atoms with Gasteiger partial charge < -0.3 is 14.6 Å². The summed E-state index contributed by atoms with van der Waals surface area (Å²) in [5, 5.41) is 12.3. The second-order valence-electron chi connectivity index (χ2n) is 9.62. The van der Waals surface area contributed by atoms with Gasteiger partial charge in [0, 0.05) is 18.8 Å². The molecule has 1 N–H and O–H groups in total. The van der Waals surface area contributed by atoms with Crippen molar-refractivity contribution in [3.8, 4) is 11.1 Å². The number of benzene rings is 3. The number of allylic oxidation sites excluding steroid dienone is 1. The largest absolute Gasteiger partial charge is 0.479 e. The molecule has 0 spiro atoms. The number of aryl methyl sites for hydroxylation is 1. The van der Waals surface area contributed by atoms with Crippen LogP contribution in [-0.2, 0) is 20.9 Å². The molecule has 1 aliphatic heterocycles. The third-order valence-corrected chi connectivity index (χ3v) is 5.94. The highest BCUT2D eigenvalue weighted by Crippen LogP contribution is 2.42. The van der Waals surface area contributed by atoms with E-state index in [1.807, 2.05) is 58.0 Å². The summed E-state index contributed by atoms with van der Waals surface area (Å²) in [6, 6.07) is 16.4. The second-order valence-corrected chi connectivity index (χ2v) is 9.62. The molecule has 34 heavy (non-hydrogen) atoms. The molecule has 0 amide bonds. The summed E-state index contributed by atoms with van der Waals surface area (Å²) >= 11 is 0. The average Bonchev–Trinajstić information content (AvgIpc) is 2.79. The summed E-state index contributed by atoms with van der Waals surface area (Å²) in [5.41, 5.74) is 6.06. The maximum Gasteiger partial charge on any atom is 0.337 e. The Bertz CT molecular complexity index is 1300. The highest BCUT2D eigenvalue weighted by molar-refractivity contribution is 6.01. The highest BCUT2D eigenvalue weighted by atomic mass is 16.5. The Morgan fingerprint density at radius 2 is 1.91 bits per heavy atom. The Kier molecular flexibility index (Phi) is 6.69. The molecule has 3 aromatic carbocycles. The molecule has 1 atom stereocenters. The fourth-order valence-corrected chi connectivity index (χ4v) is 4.55. The van der Waals surface area contributed by atoms with Crippen molar-refractivity contribution >= 4 is 28.5 Å². The first-order valence-electron chi connectivity index (χ1n) is 11.4. The van der Waals surface area contributed by atoms with Gasteiger partial charge in [0.25, 0.3) is 0 Å². The first kappa shape index (κ1) is 23.9. The molecule has 5 heteroatoms. The van der Waals surface area contributed by atoms with Gasteiger partial charge in [-0.05, 0) is 84.0 Å². The number of fused-ring (bicyclic) bond motifs is 2. The maximum absolute atomic E-state index is 12.5. The van der Waals surface area contributed by atoms with Crippen LogP contribution in [0.1, 0.15) is 49.1 Å². The maximum atomic E-state index is 12.5. The van der Waals surface area contributed by atoms with Crippen molar-refractivity contribution in [3.63, 3.8) is 0 Å². The minimum Gasteiger partial charge on any atom is -0.479 e. The quantitative estimate of drug-likeness (QED) is 0.452. The molecule has 0 aliphatic carbocycles. The van der Waals surface area contributed by atoms with Crippen LogP contribution in [0, 0.1) is 6.92 Å². The highest BCUT2D eigenvalue weighted by Gasteiger charge is 2.31. The molecule has 0 aromatic heterocycles. The van der Waals surface area contributed by atoms with Crippen LogP contribution in [0.4, 0.5) is 0 Å². The number of nitrogens with zero attached hydrogens (tertiary/aromatic N) is 1. The van der Waals surface area contributed by atoms with Crippen LogP contribution in [0.25, 0.3) is 27.5 Å². The molecule has 176 valence electrons. The summed E-state index contributed by atoms with van der Waals surface area (Å²) in [5.74, 6) is -0.999. The first-order valence-corrected chi connectivity index (χ1v) is 11.4. The molecule has 0 saturated carbocycles. The van der Waals surface area contributed by atoms with Crippen LogP contribution in [0.3, 0.4) is 0 Å². The summed E-state index contributed by atoms with van der Waals surface area (Å²) < 4.78 is 11.9. The lowest BCUT2D eigenvalue weighted by Gasteiger charge is -2.29. The number of carboxylic acid groups (broad SMARTS) is 1. The zero-order chi connectivity index (χ0) is 24.5. The third kappa shape index (κ3) is 4.81. The van der Waals surface area contributed by atoms with Gasteiger partial charge in [0.2, 0.25) is 0 Å². The molecule has 0 radical (unpaired) electrons. The van der Waals surface area contributed by atoms with Gasteiger partial charge in [0.1, 0.15) is 0 Å². The van der Waals surface area contributed by atoms with Crippen molar-refractivity contribution in [3.05, 3.63) is 76.9 Å². The number of ether oxygens (including phenoxy) is 2. The van der Waals surface area contributed by atoms with Gasteiger partial charge in [0.15, 0.2) is 6.10 Å². The number of hydrogen-bond donors (Lipinski definition) is 1. The van der Waals surface area contributed by atoms with Crippen molar-refractivity contribution in [2.75, 3.05) is 13.7 Å². The Hall–Kier alpha value is -3.28. The van der Waals surface area contributed by atoms with Crippen molar-refractivity contribution in [1.82, 2.24) is 0 Å². The fourth-order valence-electron chi connectivity index (χ4n) is 4.55. The number of aliphatic carboxylic acids is 1. The van der Waals surface area contributed by atoms with Crippen molar-refractivity contribution in [1.29, 1.82) is 0 Å². The van der Waals surface area contributed by atoms with Gasteiger partial charge >= 0.3 is 5.97 Å². The number of aliphatic imine (C=N–C) groups is 1. The van der Waals surface area contributed by atoms with E-state index in [1.165, 1.54) is 0 Å². The smallest absolute Gasteiger partial charge is 0.337 e. The van der Waals surface area contributed by atoms with Crippen molar-refractivity contribution in [2.45, 2.75) is 46.0 Å². The van der Waals surface area contributed by atoms with E-state index in [4.69, 9.17) is 9.47 Å². The van der Waals surface area contributed by atoms with Gasteiger partial charge in [-0.25, -0.2) is 4.79 Å². The van der Waals surface area contributed by atoms with Crippen LogP contribution < -0.4 is 0 Å². The van der Waals surface area contributed by atoms with Crippen molar-refractivity contribution < 1.29 is 19.4 Å². The van der Waals surface area contributed by atoms with Crippen molar-refractivity contribution in [2.24, 2.45) is 4.99 Å². The van der Waals surface area contributed by atoms with E-state index >= 15 is 0 Å². The lowest BCUT2D eigenvalue weighted by molar-refractivity contribution is -0.160. The van der Waals surface area contributed by atoms with Crippen LogP contribution in [0.15, 0.2) is 59.6 Å². The lowest BCUT2D eigenvalue weighted by atomic mass is 9.85. The SMILES string of the molecule is C/N=C\C=C1\COCc2ccc(-c3c([C@H](OC(C)(C)C)C(=O)O)c(C)cc4ccccc34)cc21. The molecule has 1 heterocycles. The zero-order valence-electron chi connectivity index (χ0n) is 20.4. The Morgan fingerprint density at radius 1 is 1.15 bits per heavy atom. The summed E-state index contributed by atoms with van der Waals surface area (Å²) in [4.78, 5) is 16.6. The summed E-state index contributed by atoms with van der Waals surface area (Å²) in [6.45, 7) is 8.65. The molecule has 4 rings (SSSR count). The Labute approximate surface area is 200 Å². The van der Waals surface area contributed by atoms with Gasteiger partial charge in [-0.15, -0.1) is 0 Å². The van der Waals surface area contributed by atoms with E-state index in [-0.39, 0.29) is 0 Å². The Balaban J connectivity index is 2.02. The van der Waals surface area contributed by atoms with Crippen LogP contribution in [-0.4, -0.2) is 36.5 Å². The molecular weight excluding hydrogens is 426 g/mol. The third-order valence-electron chi connectivity index (χ3n) is 5.94. The molecule has 5 nitrogen and oxygen atoms in total. The molecule has 3 aromatic rings. The minimum absolute atomic E-state index is 0.509. The number of carbonyl (C=O) groups is 1. The fraction of sp³-hybridized carbons (Fsp3) is 0.310. The molecule has 0 bridgehead atoms. The average molecular weight is 458 g/mol. The van der Waals surface area contributed by atoms with Gasteiger partial charge in [-0.2, -0.15) is 0 Å². The minimum atomic E-state index is -1.10. The molecule has 0 fully saturated rings. The van der Waals surface area contributed by atoms with Crippen LogP contribution in [0.5, 0.6) is 0 Å². The second kappa shape index (κ2) is 9.53. The van der Waals surface area contributed by atoms with Crippen LogP contribution >= 0.6 is 0 Å². The molecule has 0 saturated heterocycles. The molecular formula is C29H31NO4. The Morgan fingerprint density at radius 3 is 2.62 bits per heavy atom. The van der Waals surface area contributed by atoms with E-state index in [9.17, 15) is 9.90 Å². The number of hydrogen-bond acceptors (Lipinski definition) is 4. The summed E-state index contributed by atoms with van der Waals surface area (Å²) in [6.07, 6.45) is 2.65. The zero-order valence-corrected chi connectivity index (χ0v) is 20.4. The first-order chi connectivity index (χ1) is 16.2. The number of rotatable bonds is 5. The topological polar surface area (TPSA) is 68.1 Å². The predicted octanol–water partition coefficient (Wildman–Crippen LogP) is 6.37. The molecule has 0 unspecified atom stereocenters. The van der Waals surface area contributed by atoms with Gasteiger partial charge in [0.05, 0.1) is 18.8 Å². The number of carboxylic acids is 1. The van der Waals surface area contributed by atoms with Crippen LogP contribution in [0.2, 0.25) is 0 Å². The normalized spacial score (nSPS) is 16.2. The predicted molar refractivity (Wildman–Crippen MR) is 137 cm³/mol. The van der Waals surface area contributed by atoms with E-state index in [0.29, 0.717) is 18.8 Å². The molecule has 1 aliphatic rings. The van der Waals surface area contributed by atoms with E-state index in [2.05, 4.69) is 29.3 Å². The standard InChI is InChI=1S/C29H31NO4/c1-18-14-19-8-6-7-9-23(19)26(25(18)27(28(31)32)34-29(2,3)4)20-10-11-21-16-33-17-22(12-13-30-5)24(21)15-20/h6-15,27H,16-17H2,1-5H3,(H,31,32)/b22-12-,30-13-/t27-/m0/s1. The van der Waals surface area contributed by atoms with E-state index < -0.39 is 17.7 Å². The van der Waals surface area contributed by atoms with Gasteiger partial charge in [-0.3, -0.25) is 4.99 Å². The van der Waals surface area contributed by atoms with Gasteiger partial charge in [-0.1, -0.05) is 42.5 Å². The van der Waals surface area contributed by atoms with E-state index in [1.54, 1.807) is 13.3 Å². The van der Waals surface area contributed by atoms with E-state index in [0.717, 1.165) is 44.2 Å². The lowest BCUT2D eigenvalue weighted by Crippen LogP contribution is -2.28. The summed E-state index contributed by atoms with van der Waals surface area (Å²) in [7, 11) is 1.74.